The number of guanidine groups is 1. The first-order valence-corrected chi connectivity index (χ1v) is 27.9. The van der Waals surface area contributed by atoms with Crippen molar-refractivity contribution >= 4 is 70.6 Å². The van der Waals surface area contributed by atoms with Crippen molar-refractivity contribution in [2.45, 2.75) is 149 Å². The summed E-state index contributed by atoms with van der Waals surface area (Å²) < 4.78 is 0. The number of rotatable bonds is 33. The van der Waals surface area contributed by atoms with Gasteiger partial charge in [-0.25, -0.2) is 0 Å². The number of allylic oxidation sites excluding steroid dienone is 1. The highest BCUT2D eigenvalue weighted by Crippen LogP contribution is 2.25. The number of carbonyl (C=O) groups excluding carboxylic acids is 9. The Kier molecular flexibility index (Phi) is 29.2. The number of ketones is 4. The fourth-order valence-corrected chi connectivity index (χ4v) is 9.63. The quantitative estimate of drug-likeness (QED) is 0.0213. The lowest BCUT2D eigenvalue weighted by Crippen LogP contribution is -2.49. The van der Waals surface area contributed by atoms with E-state index in [1.165, 1.54) is 24.1 Å². The molecule has 22 heteroatoms. The van der Waals surface area contributed by atoms with Crippen molar-refractivity contribution in [1.29, 1.82) is 0 Å². The van der Waals surface area contributed by atoms with E-state index < -0.39 is 139 Å². The number of carboxylic acid groups (broad SMARTS) is 2. The Bertz CT molecular complexity index is 2530. The molecular weight excluding hydrogens is 1040 g/mol. The van der Waals surface area contributed by atoms with Crippen molar-refractivity contribution in [3.63, 3.8) is 0 Å². The molecule has 0 aromatic heterocycles. The van der Waals surface area contributed by atoms with E-state index in [2.05, 4.69) is 26.3 Å². The normalized spacial score (nSPS) is 17.7. The molecule has 8 atom stereocenters. The lowest BCUT2D eigenvalue weighted by Gasteiger charge is -2.29. The number of nitrogens with one attached hydrogen (secondary N) is 4. The molecule has 0 bridgehead atoms. The number of carboxylic acids is 2. The van der Waals surface area contributed by atoms with Crippen molar-refractivity contribution in [3.8, 4) is 5.75 Å². The molecule has 444 valence electrons. The van der Waals surface area contributed by atoms with Gasteiger partial charge in [-0.1, -0.05) is 88.7 Å². The van der Waals surface area contributed by atoms with Crippen LogP contribution in [0.1, 0.15) is 129 Å². The van der Waals surface area contributed by atoms with E-state index in [0.717, 1.165) is 5.56 Å². The fraction of sp³-hybridized carbons (Fsp3) is 0.559. The minimum atomic E-state index is -1.31. The van der Waals surface area contributed by atoms with Crippen LogP contribution in [-0.4, -0.2) is 136 Å². The van der Waals surface area contributed by atoms with Gasteiger partial charge in [0.1, 0.15) is 5.75 Å². The number of Topliss-reactive ketones (excluding diaryl/α,β-unsaturated/α-hetero) is 4. The molecule has 11 N–H and O–H groups in total. The minimum Gasteiger partial charge on any atom is -0.508 e. The van der Waals surface area contributed by atoms with E-state index in [0.29, 0.717) is 12.0 Å². The average Bonchev–Trinajstić information content (AvgIpc) is 3.42. The highest BCUT2D eigenvalue weighted by molar-refractivity contribution is 5.98. The number of phenolic OH excluding ortho intramolecular Hbond substituents is 1. The van der Waals surface area contributed by atoms with Crippen LogP contribution in [0.5, 0.6) is 5.75 Å². The number of aliphatic carboxylic acids is 2. The summed E-state index contributed by atoms with van der Waals surface area (Å²) in [5.74, 6) is -12.6. The van der Waals surface area contributed by atoms with E-state index in [4.69, 9.17) is 11.5 Å². The van der Waals surface area contributed by atoms with E-state index >= 15 is 0 Å². The SMILES string of the molecule is CCC(C)[C@H](CC(=O)CN1C/C=C\CCC(=O)NC(Cc2ccccc2)C(=O)C[C@@H](CCC(=O)O)C1=O)C(=O)N[C@@H](Cc1ccc(O)cc1)C(=O)C[C@@H](CCCN=C(N)N)C(=O)N[C@@H](CC(C)C)C(=O)C[C@@H](CCC(=O)O)C(=O)NC. The van der Waals surface area contributed by atoms with Crippen LogP contribution >= 0.6 is 0 Å². The van der Waals surface area contributed by atoms with Crippen molar-refractivity contribution in [3.05, 3.63) is 77.9 Å². The molecule has 2 unspecified atom stereocenters. The van der Waals surface area contributed by atoms with Gasteiger partial charge in [-0.15, -0.1) is 0 Å². The van der Waals surface area contributed by atoms with E-state index in [-0.39, 0.29) is 107 Å². The minimum absolute atomic E-state index is 0.0278. The highest BCUT2D eigenvalue weighted by Gasteiger charge is 2.37. The summed E-state index contributed by atoms with van der Waals surface area (Å²) in [7, 11) is 1.37. The number of nitrogens with zero attached hydrogens (tertiary/aromatic N) is 2. The Balaban J connectivity index is 1.98. The number of carbonyl (C=O) groups is 11. The molecule has 0 radical (unpaired) electrons. The van der Waals surface area contributed by atoms with E-state index in [1.807, 2.05) is 20.8 Å². The van der Waals surface area contributed by atoms with Crippen molar-refractivity contribution < 1.29 is 68.1 Å². The summed E-state index contributed by atoms with van der Waals surface area (Å²) in [6.45, 7) is 6.65. The van der Waals surface area contributed by atoms with E-state index in [1.54, 1.807) is 61.5 Å². The van der Waals surface area contributed by atoms with Gasteiger partial charge in [-0.2, -0.15) is 0 Å². The summed E-state index contributed by atoms with van der Waals surface area (Å²) in [4.78, 5) is 155. The van der Waals surface area contributed by atoms with Gasteiger partial charge in [-0.3, -0.25) is 57.7 Å². The summed E-state index contributed by atoms with van der Waals surface area (Å²) in [5, 5.41) is 40.0. The number of aromatic hydroxyl groups is 1. The van der Waals surface area contributed by atoms with Crippen LogP contribution in [0.3, 0.4) is 0 Å². The molecule has 22 nitrogen and oxygen atoms in total. The first-order valence-electron chi connectivity index (χ1n) is 27.9. The Morgan fingerprint density at radius 2 is 1.41 bits per heavy atom. The molecule has 1 aliphatic heterocycles. The van der Waals surface area contributed by atoms with Gasteiger partial charge < -0.3 is 53.0 Å². The van der Waals surface area contributed by atoms with E-state index in [9.17, 15) is 68.1 Å². The van der Waals surface area contributed by atoms with Gasteiger partial charge in [0.05, 0.1) is 24.7 Å². The maximum Gasteiger partial charge on any atom is 0.303 e. The third-order valence-corrected chi connectivity index (χ3v) is 14.4. The molecule has 2 aromatic carbocycles. The third kappa shape index (κ3) is 25.1. The van der Waals surface area contributed by atoms with Crippen LogP contribution in [0.25, 0.3) is 0 Å². The number of amides is 5. The summed E-state index contributed by atoms with van der Waals surface area (Å²) in [5.41, 5.74) is 12.4. The molecule has 3 rings (SSSR count). The second kappa shape index (κ2) is 35.1. The van der Waals surface area contributed by atoms with Gasteiger partial charge in [-0.05, 0) is 86.5 Å². The van der Waals surface area contributed by atoms with Gasteiger partial charge >= 0.3 is 11.9 Å². The predicted octanol–water partition coefficient (Wildman–Crippen LogP) is 3.73. The zero-order valence-electron chi connectivity index (χ0n) is 47.4. The number of nitrogens with two attached hydrogens (primary N) is 2. The Morgan fingerprint density at radius 3 is 2.01 bits per heavy atom. The van der Waals surface area contributed by atoms with Crippen LogP contribution in [0.15, 0.2) is 71.7 Å². The molecular formula is C59H84N8O14. The molecule has 0 spiro atoms. The zero-order chi connectivity index (χ0) is 60.2. The standard InChI is InChI=1S/C59H84N8O14/c1-6-37(4)45(34-44(69)35-67-27-12-8-11-17-52(73)64-47(29-38-14-9-7-10-15-38)51(72)33-42(58(67)81)21-25-54(76)77)57(80)66-48(30-39-18-22-43(68)23-19-39)50(71)31-40(16-13-26-63-59(60)61)56(79)65-46(28-36(2)3)49(70)32-41(55(78)62-5)20-24-53(74)75/h7-10,12,14-15,18-19,22-23,36-37,40-42,45-48,68H,6,11,13,16-17,20-21,24-35H2,1-5H3,(H,62,78)(H,64,73)(H,65,79)(H,66,80)(H,74,75)(H,76,77)(H4,60,61,63)/b12-8-/t37?,40-,41-,42-,45+,46+,47?,48+/m1/s1. The Hall–Kier alpha value is -7.78. The second-order valence-electron chi connectivity index (χ2n) is 21.4. The van der Waals surface area contributed by atoms with Gasteiger partial charge in [0.15, 0.2) is 29.1 Å². The predicted molar refractivity (Wildman–Crippen MR) is 302 cm³/mol. The van der Waals surface area contributed by atoms with Crippen LogP contribution in [0.2, 0.25) is 0 Å². The van der Waals surface area contributed by atoms with Crippen LogP contribution in [-0.2, 0) is 65.6 Å². The second-order valence-corrected chi connectivity index (χ2v) is 21.4. The molecule has 1 heterocycles. The Labute approximate surface area is 474 Å². The molecule has 0 saturated carbocycles. The first-order chi connectivity index (χ1) is 38.4. The molecule has 0 aliphatic carbocycles. The molecule has 2 aromatic rings. The lowest BCUT2D eigenvalue weighted by molar-refractivity contribution is -0.143. The van der Waals surface area contributed by atoms with Gasteiger partial charge in [0.25, 0.3) is 0 Å². The molecule has 0 fully saturated rings. The first kappa shape index (κ1) is 67.5. The Morgan fingerprint density at radius 1 is 0.778 bits per heavy atom. The molecule has 81 heavy (non-hydrogen) atoms. The van der Waals surface area contributed by atoms with Crippen molar-refractivity contribution in [2.75, 3.05) is 26.7 Å². The molecule has 5 amide bonds. The monoisotopic (exact) mass is 1130 g/mol. The summed E-state index contributed by atoms with van der Waals surface area (Å²) in [6.07, 6.45) is 1.54. The smallest absolute Gasteiger partial charge is 0.303 e. The van der Waals surface area contributed by atoms with Gasteiger partial charge in [0, 0.05) is 88.8 Å². The lowest BCUT2D eigenvalue weighted by atomic mass is 9.85. The van der Waals surface area contributed by atoms with Crippen LogP contribution < -0.4 is 32.7 Å². The maximum absolute atomic E-state index is 14.8. The number of hydrogen-bond donors (Lipinski definition) is 9. The summed E-state index contributed by atoms with van der Waals surface area (Å²) >= 11 is 0. The fourth-order valence-electron chi connectivity index (χ4n) is 9.63. The number of aliphatic imine (C=N–C) groups is 1. The number of benzene rings is 2. The summed E-state index contributed by atoms with van der Waals surface area (Å²) in [6, 6.07) is 11.4. The number of hydrogen-bond acceptors (Lipinski definition) is 13. The average molecular weight is 1130 g/mol. The van der Waals surface area contributed by atoms with Crippen molar-refractivity contribution in [2.24, 2.45) is 52.0 Å². The van der Waals surface area contributed by atoms with Crippen molar-refractivity contribution in [1.82, 2.24) is 26.2 Å². The zero-order valence-corrected chi connectivity index (χ0v) is 47.4. The third-order valence-electron chi connectivity index (χ3n) is 14.4. The molecule has 0 saturated heterocycles. The highest BCUT2D eigenvalue weighted by atomic mass is 16.4. The van der Waals surface area contributed by atoms with Gasteiger partial charge in [0.2, 0.25) is 29.5 Å². The van der Waals surface area contributed by atoms with Crippen LogP contribution in [0, 0.1) is 35.5 Å². The molecule has 1 aliphatic rings. The van der Waals surface area contributed by atoms with Crippen LogP contribution in [0.4, 0.5) is 0 Å². The number of phenols is 1. The maximum atomic E-state index is 14.8. The topological polar surface area (TPSA) is 364 Å². The largest absolute Gasteiger partial charge is 0.508 e.